The predicted molar refractivity (Wildman–Crippen MR) is 56.3 cm³/mol. The molecule has 1 aromatic rings. The molecule has 86 valence electrons. The molecule has 1 aliphatic rings. The molecule has 3 N–H and O–H groups in total. The zero-order valence-corrected chi connectivity index (χ0v) is 8.99. The molecule has 0 saturated carbocycles. The lowest BCUT2D eigenvalue weighted by Crippen LogP contribution is -2.42. The van der Waals surface area contributed by atoms with Crippen molar-refractivity contribution in [3.8, 4) is 0 Å². The van der Waals surface area contributed by atoms with E-state index in [-0.39, 0.29) is 23.9 Å². The van der Waals surface area contributed by atoms with Crippen LogP contribution in [0.2, 0.25) is 0 Å². The molecule has 2 rings (SSSR count). The van der Waals surface area contributed by atoms with Crippen LogP contribution in [0.1, 0.15) is 31.4 Å². The van der Waals surface area contributed by atoms with Gasteiger partial charge >= 0.3 is 0 Å². The third kappa shape index (κ3) is 2.21. The summed E-state index contributed by atoms with van der Waals surface area (Å²) in [7, 11) is 0. The first-order valence-electron chi connectivity index (χ1n) is 5.25. The van der Waals surface area contributed by atoms with Gasteiger partial charge in [-0.25, -0.2) is 0 Å². The van der Waals surface area contributed by atoms with Crippen LogP contribution in [-0.2, 0) is 9.59 Å². The second kappa shape index (κ2) is 4.34. The number of H-pyrrole nitrogens is 1. The Morgan fingerprint density at radius 3 is 3.06 bits per heavy atom. The average molecular weight is 222 g/mol. The first-order valence-corrected chi connectivity index (χ1v) is 5.25. The molecular weight excluding hydrogens is 208 g/mol. The normalized spacial score (nSPS) is 21.6. The van der Waals surface area contributed by atoms with Gasteiger partial charge in [0.2, 0.25) is 11.8 Å². The lowest BCUT2D eigenvalue weighted by molar-refractivity contribution is -0.126. The Bertz CT molecular complexity index is 388. The molecule has 2 unspecified atom stereocenters. The van der Waals surface area contributed by atoms with E-state index in [4.69, 9.17) is 0 Å². The predicted octanol–water partition coefficient (Wildman–Crippen LogP) is -0.135. The highest BCUT2D eigenvalue weighted by Crippen LogP contribution is 2.12. The Hall–Kier alpha value is -1.85. The number of aromatic nitrogens is 2. The van der Waals surface area contributed by atoms with Crippen LogP contribution < -0.4 is 10.6 Å². The average Bonchev–Trinajstić information content (AvgIpc) is 2.87. The largest absolute Gasteiger partial charge is 0.348 e. The quantitative estimate of drug-likeness (QED) is 0.665. The minimum Gasteiger partial charge on any atom is -0.348 e. The van der Waals surface area contributed by atoms with Gasteiger partial charge in [-0.15, -0.1) is 0 Å². The Morgan fingerprint density at radius 2 is 2.50 bits per heavy atom. The van der Waals surface area contributed by atoms with Crippen LogP contribution in [0.15, 0.2) is 12.4 Å². The molecule has 0 aliphatic carbocycles. The van der Waals surface area contributed by atoms with Gasteiger partial charge in [0.15, 0.2) is 0 Å². The number of carbonyl (C=O) groups excluding carboxylic acids is 2. The second-order valence-electron chi connectivity index (χ2n) is 3.92. The summed E-state index contributed by atoms with van der Waals surface area (Å²) in [5.41, 5.74) is 0.915. The summed E-state index contributed by atoms with van der Waals surface area (Å²) in [5.74, 6) is -0.198. The summed E-state index contributed by atoms with van der Waals surface area (Å²) in [6.45, 7) is 1.87. The smallest absolute Gasteiger partial charge is 0.243 e. The number of aromatic amines is 1. The lowest BCUT2D eigenvalue weighted by Gasteiger charge is -2.15. The topological polar surface area (TPSA) is 86.9 Å². The van der Waals surface area contributed by atoms with E-state index in [0.717, 1.165) is 5.56 Å². The molecule has 1 aromatic heterocycles. The van der Waals surface area contributed by atoms with E-state index in [2.05, 4.69) is 20.8 Å². The highest BCUT2D eigenvalue weighted by atomic mass is 16.2. The second-order valence-corrected chi connectivity index (χ2v) is 3.92. The van der Waals surface area contributed by atoms with E-state index < -0.39 is 0 Å². The van der Waals surface area contributed by atoms with Gasteiger partial charge in [-0.3, -0.25) is 14.7 Å². The van der Waals surface area contributed by atoms with Crippen LogP contribution >= 0.6 is 0 Å². The summed E-state index contributed by atoms with van der Waals surface area (Å²) < 4.78 is 0. The maximum absolute atomic E-state index is 11.7. The number of rotatable bonds is 3. The summed E-state index contributed by atoms with van der Waals surface area (Å²) >= 11 is 0. The molecule has 6 nitrogen and oxygen atoms in total. The molecule has 0 spiro atoms. The van der Waals surface area contributed by atoms with Crippen molar-refractivity contribution in [3.63, 3.8) is 0 Å². The number of carbonyl (C=O) groups is 2. The monoisotopic (exact) mass is 222 g/mol. The molecule has 0 bridgehead atoms. The van der Waals surface area contributed by atoms with Gasteiger partial charge in [0.05, 0.1) is 12.2 Å². The lowest BCUT2D eigenvalue weighted by atomic mass is 10.1. The maximum atomic E-state index is 11.7. The standard InChI is InChI=1S/C10H14N4O2/c1-6(7-4-11-12-5-7)13-10(16)8-2-3-9(15)14-8/h4-6,8H,2-3H2,1H3,(H,11,12)(H,13,16)(H,14,15). The maximum Gasteiger partial charge on any atom is 0.243 e. The molecule has 0 aromatic carbocycles. The van der Waals surface area contributed by atoms with Crippen LogP contribution in [0.25, 0.3) is 0 Å². The molecule has 6 heteroatoms. The molecule has 1 fully saturated rings. The number of amides is 2. The zero-order valence-electron chi connectivity index (χ0n) is 8.99. The number of nitrogens with zero attached hydrogens (tertiary/aromatic N) is 1. The minimum atomic E-state index is -0.387. The van der Waals surface area contributed by atoms with E-state index in [9.17, 15) is 9.59 Å². The fourth-order valence-corrected chi connectivity index (χ4v) is 1.71. The van der Waals surface area contributed by atoms with Crippen molar-refractivity contribution >= 4 is 11.8 Å². The van der Waals surface area contributed by atoms with Gasteiger partial charge < -0.3 is 10.6 Å². The van der Waals surface area contributed by atoms with Crippen molar-refractivity contribution in [3.05, 3.63) is 18.0 Å². The van der Waals surface area contributed by atoms with E-state index in [1.807, 2.05) is 6.92 Å². The molecule has 2 atom stereocenters. The fraction of sp³-hybridized carbons (Fsp3) is 0.500. The van der Waals surface area contributed by atoms with E-state index >= 15 is 0 Å². The van der Waals surface area contributed by atoms with Gasteiger partial charge in [-0.05, 0) is 13.3 Å². The number of nitrogens with one attached hydrogen (secondary N) is 3. The van der Waals surface area contributed by atoms with Crippen LogP contribution in [0.3, 0.4) is 0 Å². The van der Waals surface area contributed by atoms with Crippen molar-refractivity contribution in [2.75, 3.05) is 0 Å². The Balaban J connectivity index is 1.90. The van der Waals surface area contributed by atoms with Crippen LogP contribution in [0, 0.1) is 0 Å². The number of hydrogen-bond donors (Lipinski definition) is 3. The Labute approximate surface area is 92.8 Å². The molecule has 1 aliphatic heterocycles. The van der Waals surface area contributed by atoms with Crippen molar-refractivity contribution in [1.29, 1.82) is 0 Å². The first-order chi connectivity index (χ1) is 7.66. The third-order valence-electron chi connectivity index (χ3n) is 2.69. The zero-order chi connectivity index (χ0) is 11.5. The van der Waals surface area contributed by atoms with Gasteiger partial charge in [-0.2, -0.15) is 5.10 Å². The third-order valence-corrected chi connectivity index (χ3v) is 2.69. The highest BCUT2D eigenvalue weighted by Gasteiger charge is 2.27. The SMILES string of the molecule is CC(NC(=O)C1CCC(=O)N1)c1cn[nH]c1. The Kier molecular flexibility index (Phi) is 2.89. The molecule has 16 heavy (non-hydrogen) atoms. The molecular formula is C10H14N4O2. The van der Waals surface area contributed by atoms with E-state index in [1.165, 1.54) is 0 Å². The van der Waals surface area contributed by atoms with Crippen LogP contribution in [0.4, 0.5) is 0 Å². The number of hydrogen-bond acceptors (Lipinski definition) is 3. The molecule has 2 heterocycles. The Morgan fingerprint density at radius 1 is 1.69 bits per heavy atom. The molecule has 2 amide bonds. The fourth-order valence-electron chi connectivity index (χ4n) is 1.71. The van der Waals surface area contributed by atoms with Crippen LogP contribution in [-0.4, -0.2) is 28.1 Å². The molecule has 1 saturated heterocycles. The summed E-state index contributed by atoms with van der Waals surface area (Å²) in [4.78, 5) is 22.7. The summed E-state index contributed by atoms with van der Waals surface area (Å²) in [6.07, 6.45) is 4.40. The van der Waals surface area contributed by atoms with Crippen molar-refractivity contribution in [2.45, 2.75) is 31.8 Å². The summed E-state index contributed by atoms with van der Waals surface area (Å²) in [6, 6.07) is -0.495. The van der Waals surface area contributed by atoms with Gasteiger partial charge in [-0.1, -0.05) is 0 Å². The van der Waals surface area contributed by atoms with Gasteiger partial charge in [0, 0.05) is 18.2 Å². The molecule has 0 radical (unpaired) electrons. The highest BCUT2D eigenvalue weighted by molar-refractivity contribution is 5.90. The van der Waals surface area contributed by atoms with Gasteiger partial charge in [0.25, 0.3) is 0 Å². The van der Waals surface area contributed by atoms with E-state index in [1.54, 1.807) is 12.4 Å². The first kappa shape index (κ1) is 10.7. The van der Waals surface area contributed by atoms with Gasteiger partial charge in [0.1, 0.15) is 6.04 Å². The minimum absolute atomic E-state index is 0.0592. The van der Waals surface area contributed by atoms with Crippen molar-refractivity contribution in [2.24, 2.45) is 0 Å². The van der Waals surface area contributed by atoms with Crippen molar-refractivity contribution < 1.29 is 9.59 Å². The van der Waals surface area contributed by atoms with E-state index in [0.29, 0.717) is 12.8 Å². The van der Waals surface area contributed by atoms with Crippen molar-refractivity contribution in [1.82, 2.24) is 20.8 Å². The van der Waals surface area contributed by atoms with Crippen LogP contribution in [0.5, 0.6) is 0 Å². The summed E-state index contributed by atoms with van der Waals surface area (Å²) in [5, 5.41) is 12.0.